The standard InChI is InChI=1S/C15H16N2O2/c18-14-5-3-11(4-6-14)15(19)17-16-9-13-8-10-1-2-12(13)7-10/h1-6,9-10,12-13,18H,7-8H2,(H,17,19)/b16-9-/t10-,12-,13-/m0/s1. The van der Waals surface area contributed by atoms with E-state index in [1.54, 1.807) is 12.1 Å². The fourth-order valence-electron chi connectivity index (χ4n) is 2.86. The number of hydrogen-bond donors (Lipinski definition) is 2. The predicted molar refractivity (Wildman–Crippen MR) is 72.9 cm³/mol. The van der Waals surface area contributed by atoms with Gasteiger partial charge in [-0.25, -0.2) is 5.43 Å². The molecule has 2 aliphatic carbocycles. The van der Waals surface area contributed by atoms with E-state index in [-0.39, 0.29) is 11.7 Å². The molecule has 4 heteroatoms. The van der Waals surface area contributed by atoms with Crippen LogP contribution < -0.4 is 5.43 Å². The molecule has 1 fully saturated rings. The molecule has 1 amide bonds. The maximum atomic E-state index is 11.8. The summed E-state index contributed by atoms with van der Waals surface area (Å²) in [5.41, 5.74) is 3.02. The molecule has 0 radical (unpaired) electrons. The quantitative estimate of drug-likeness (QED) is 0.495. The zero-order valence-corrected chi connectivity index (χ0v) is 10.5. The minimum atomic E-state index is -0.255. The van der Waals surface area contributed by atoms with E-state index in [9.17, 15) is 4.79 Å². The van der Waals surface area contributed by atoms with Crippen molar-refractivity contribution < 1.29 is 9.90 Å². The number of hydrazone groups is 1. The Hall–Kier alpha value is -2.10. The Labute approximate surface area is 111 Å². The second-order valence-corrected chi connectivity index (χ2v) is 5.21. The minimum absolute atomic E-state index is 0.147. The Bertz CT molecular complexity index is 534. The lowest BCUT2D eigenvalue weighted by Crippen LogP contribution is -2.19. The molecule has 3 rings (SSSR count). The Balaban J connectivity index is 1.56. The first-order valence-electron chi connectivity index (χ1n) is 6.53. The number of carbonyl (C=O) groups is 1. The van der Waals surface area contributed by atoms with Crippen LogP contribution in [0, 0.1) is 17.8 Å². The lowest BCUT2D eigenvalue weighted by Gasteiger charge is -2.11. The van der Waals surface area contributed by atoms with Crippen molar-refractivity contribution in [3.05, 3.63) is 42.0 Å². The van der Waals surface area contributed by atoms with E-state index in [4.69, 9.17) is 5.11 Å². The summed E-state index contributed by atoms with van der Waals surface area (Å²) in [6, 6.07) is 6.11. The number of fused-ring (bicyclic) bond motifs is 2. The zero-order valence-electron chi connectivity index (χ0n) is 10.5. The average molecular weight is 256 g/mol. The van der Waals surface area contributed by atoms with Crippen molar-refractivity contribution in [2.24, 2.45) is 22.9 Å². The molecule has 0 unspecified atom stereocenters. The molecule has 3 atom stereocenters. The van der Waals surface area contributed by atoms with Gasteiger partial charge < -0.3 is 5.11 Å². The number of rotatable bonds is 3. The first-order chi connectivity index (χ1) is 9.22. The minimum Gasteiger partial charge on any atom is -0.508 e. The number of nitrogens with one attached hydrogen (secondary N) is 1. The van der Waals surface area contributed by atoms with Gasteiger partial charge in [-0.05, 0) is 48.9 Å². The fourth-order valence-corrected chi connectivity index (χ4v) is 2.86. The molecule has 0 spiro atoms. The molecule has 1 aromatic rings. The van der Waals surface area contributed by atoms with Gasteiger partial charge in [0, 0.05) is 17.7 Å². The lowest BCUT2D eigenvalue weighted by atomic mass is 9.95. The molecule has 0 saturated heterocycles. The predicted octanol–water partition coefficient (Wildman–Crippen LogP) is 2.32. The van der Waals surface area contributed by atoms with Crippen LogP contribution >= 0.6 is 0 Å². The van der Waals surface area contributed by atoms with Crippen molar-refractivity contribution in [1.29, 1.82) is 0 Å². The van der Waals surface area contributed by atoms with Crippen LogP contribution in [0.3, 0.4) is 0 Å². The molecule has 2 aliphatic rings. The smallest absolute Gasteiger partial charge is 0.271 e. The van der Waals surface area contributed by atoms with E-state index in [1.165, 1.54) is 18.6 Å². The van der Waals surface area contributed by atoms with E-state index >= 15 is 0 Å². The van der Waals surface area contributed by atoms with Crippen molar-refractivity contribution in [3.8, 4) is 5.75 Å². The van der Waals surface area contributed by atoms with E-state index in [2.05, 4.69) is 22.7 Å². The van der Waals surface area contributed by atoms with Crippen molar-refractivity contribution >= 4 is 12.1 Å². The highest BCUT2D eigenvalue weighted by Gasteiger charge is 2.34. The summed E-state index contributed by atoms with van der Waals surface area (Å²) < 4.78 is 0. The summed E-state index contributed by atoms with van der Waals surface area (Å²) in [4.78, 5) is 11.8. The summed E-state index contributed by atoms with van der Waals surface area (Å²) in [5.74, 6) is 1.65. The first kappa shape index (κ1) is 12.0. The van der Waals surface area contributed by atoms with Crippen LogP contribution in [0.4, 0.5) is 0 Å². The summed E-state index contributed by atoms with van der Waals surface area (Å²) in [6.45, 7) is 0. The Kier molecular flexibility index (Phi) is 3.07. The third-order valence-electron chi connectivity index (χ3n) is 3.89. The number of phenolic OH excluding ortho intramolecular Hbond substituents is 1. The highest BCUT2D eigenvalue weighted by molar-refractivity contribution is 5.94. The molecule has 0 heterocycles. The van der Waals surface area contributed by atoms with Crippen LogP contribution in [0.5, 0.6) is 5.75 Å². The monoisotopic (exact) mass is 256 g/mol. The van der Waals surface area contributed by atoms with Gasteiger partial charge in [-0.15, -0.1) is 0 Å². The van der Waals surface area contributed by atoms with Gasteiger partial charge in [-0.3, -0.25) is 4.79 Å². The lowest BCUT2D eigenvalue weighted by molar-refractivity contribution is 0.0955. The number of allylic oxidation sites excluding steroid dienone is 2. The van der Waals surface area contributed by atoms with Crippen LogP contribution in [0.25, 0.3) is 0 Å². The van der Waals surface area contributed by atoms with Gasteiger partial charge in [-0.1, -0.05) is 12.2 Å². The van der Waals surface area contributed by atoms with E-state index in [0.29, 0.717) is 23.3 Å². The molecule has 2 N–H and O–H groups in total. The molecular formula is C15H16N2O2. The molecule has 4 nitrogen and oxygen atoms in total. The van der Waals surface area contributed by atoms with Crippen molar-refractivity contribution in [1.82, 2.24) is 5.43 Å². The maximum Gasteiger partial charge on any atom is 0.271 e. The normalized spacial score (nSPS) is 28.1. The summed E-state index contributed by atoms with van der Waals surface area (Å²) in [5, 5.41) is 13.2. The van der Waals surface area contributed by atoms with Gasteiger partial charge in [0.2, 0.25) is 0 Å². The highest BCUT2D eigenvalue weighted by Crippen LogP contribution is 2.42. The molecule has 1 saturated carbocycles. The maximum absolute atomic E-state index is 11.8. The number of aromatic hydroxyl groups is 1. The molecule has 0 aromatic heterocycles. The third kappa shape index (κ3) is 2.52. The van der Waals surface area contributed by atoms with E-state index < -0.39 is 0 Å². The van der Waals surface area contributed by atoms with Crippen LogP contribution in [-0.2, 0) is 0 Å². The van der Waals surface area contributed by atoms with Crippen LogP contribution in [0.1, 0.15) is 23.2 Å². The molecule has 98 valence electrons. The molecule has 0 aliphatic heterocycles. The number of phenols is 1. The summed E-state index contributed by atoms with van der Waals surface area (Å²) in [6.07, 6.45) is 8.76. The second-order valence-electron chi connectivity index (χ2n) is 5.21. The van der Waals surface area contributed by atoms with Gasteiger partial charge in [0.25, 0.3) is 5.91 Å². The second kappa shape index (κ2) is 4.88. The van der Waals surface area contributed by atoms with E-state index in [1.807, 2.05) is 6.21 Å². The molecule has 1 aromatic carbocycles. The highest BCUT2D eigenvalue weighted by atomic mass is 16.3. The summed E-state index contributed by atoms with van der Waals surface area (Å²) in [7, 11) is 0. The number of amides is 1. The molecular weight excluding hydrogens is 240 g/mol. The van der Waals surface area contributed by atoms with Crippen molar-refractivity contribution in [3.63, 3.8) is 0 Å². The molecule has 2 bridgehead atoms. The molecule has 19 heavy (non-hydrogen) atoms. The van der Waals surface area contributed by atoms with Gasteiger partial charge in [0.15, 0.2) is 0 Å². The Morgan fingerprint density at radius 2 is 2.05 bits per heavy atom. The Morgan fingerprint density at radius 1 is 1.26 bits per heavy atom. The fraction of sp³-hybridized carbons (Fsp3) is 0.333. The van der Waals surface area contributed by atoms with Gasteiger partial charge in [0.05, 0.1) is 0 Å². The number of benzene rings is 1. The third-order valence-corrected chi connectivity index (χ3v) is 3.89. The number of hydrogen-bond acceptors (Lipinski definition) is 3. The van der Waals surface area contributed by atoms with Gasteiger partial charge in [-0.2, -0.15) is 5.10 Å². The van der Waals surface area contributed by atoms with Crippen molar-refractivity contribution in [2.75, 3.05) is 0 Å². The topological polar surface area (TPSA) is 61.7 Å². The number of nitrogens with zero attached hydrogens (tertiary/aromatic N) is 1. The van der Waals surface area contributed by atoms with Crippen molar-refractivity contribution in [2.45, 2.75) is 12.8 Å². The van der Waals surface area contributed by atoms with Crippen LogP contribution in [0.15, 0.2) is 41.5 Å². The van der Waals surface area contributed by atoms with Gasteiger partial charge >= 0.3 is 0 Å². The zero-order chi connectivity index (χ0) is 13.2. The van der Waals surface area contributed by atoms with E-state index in [0.717, 1.165) is 6.42 Å². The average Bonchev–Trinajstić information content (AvgIpc) is 3.02. The van der Waals surface area contributed by atoms with Gasteiger partial charge in [0.1, 0.15) is 5.75 Å². The summed E-state index contributed by atoms with van der Waals surface area (Å²) >= 11 is 0. The number of carbonyl (C=O) groups excluding carboxylic acids is 1. The Morgan fingerprint density at radius 3 is 2.68 bits per heavy atom. The van der Waals surface area contributed by atoms with Crippen LogP contribution in [-0.4, -0.2) is 17.2 Å². The van der Waals surface area contributed by atoms with Crippen LogP contribution in [0.2, 0.25) is 0 Å². The first-order valence-corrected chi connectivity index (χ1v) is 6.53. The SMILES string of the molecule is O=C(N/N=C\[C@@H]1C[C@H]2C=C[C@H]1C2)c1ccc(O)cc1. The largest absolute Gasteiger partial charge is 0.508 e.